The highest BCUT2D eigenvalue weighted by atomic mass is 32.2. The van der Waals surface area contributed by atoms with Gasteiger partial charge < -0.3 is 4.74 Å². The number of hydrogen-bond donors (Lipinski definition) is 0. The van der Waals surface area contributed by atoms with Gasteiger partial charge in [-0.3, -0.25) is 19.4 Å². The highest BCUT2D eigenvalue weighted by Crippen LogP contribution is 2.31. The molecule has 2 heterocycles. The molecule has 0 bridgehead atoms. The van der Waals surface area contributed by atoms with E-state index in [1.807, 2.05) is 0 Å². The first-order valence-electron chi connectivity index (χ1n) is 10.4. The number of nitrogens with zero attached hydrogens (tertiary/aromatic N) is 3. The molecule has 1 unspecified atom stereocenters. The van der Waals surface area contributed by atoms with Gasteiger partial charge in [0, 0.05) is 25.9 Å². The number of carbonyl (C=O) groups is 3. The normalized spacial score (nSPS) is 16.2. The van der Waals surface area contributed by atoms with Gasteiger partial charge in [0.25, 0.3) is 5.91 Å². The van der Waals surface area contributed by atoms with Crippen LogP contribution in [0.3, 0.4) is 0 Å². The quantitative estimate of drug-likeness (QED) is 0.291. The van der Waals surface area contributed by atoms with Crippen molar-refractivity contribution in [3.8, 4) is 5.75 Å². The van der Waals surface area contributed by atoms with Crippen molar-refractivity contribution in [2.45, 2.75) is 30.8 Å². The predicted molar refractivity (Wildman–Crippen MR) is 122 cm³/mol. The first kappa shape index (κ1) is 23.3. The van der Waals surface area contributed by atoms with E-state index in [-0.39, 0.29) is 29.3 Å². The Bertz CT molecular complexity index is 1310. The van der Waals surface area contributed by atoms with E-state index in [4.69, 9.17) is 4.74 Å². The van der Waals surface area contributed by atoms with Crippen molar-refractivity contribution in [1.82, 2.24) is 9.29 Å². The molecule has 10 heteroatoms. The Morgan fingerprint density at radius 2 is 1.76 bits per heavy atom. The lowest BCUT2D eigenvalue weighted by Crippen LogP contribution is -2.45. The molecule has 0 radical (unpaired) electrons. The van der Waals surface area contributed by atoms with Gasteiger partial charge in [-0.15, -0.1) is 0 Å². The minimum Gasteiger partial charge on any atom is -0.427 e. The number of hydrogen-bond acceptors (Lipinski definition) is 7. The number of sulfonamides is 1. The lowest BCUT2D eigenvalue weighted by molar-refractivity contribution is -0.132. The zero-order valence-electron chi connectivity index (χ0n) is 18.2. The lowest BCUT2D eigenvalue weighted by Gasteiger charge is -2.27. The molecule has 1 atom stereocenters. The summed E-state index contributed by atoms with van der Waals surface area (Å²) in [6, 6.07) is 15.7. The summed E-state index contributed by atoms with van der Waals surface area (Å²) in [7, 11) is -4.12. The first-order valence-corrected chi connectivity index (χ1v) is 11.8. The molecule has 1 aliphatic heterocycles. The fourth-order valence-electron chi connectivity index (χ4n) is 3.70. The van der Waals surface area contributed by atoms with Crippen molar-refractivity contribution in [2.75, 3.05) is 4.90 Å². The molecule has 0 aliphatic carbocycles. The number of esters is 1. The van der Waals surface area contributed by atoms with Crippen LogP contribution in [-0.2, 0) is 31.0 Å². The van der Waals surface area contributed by atoms with Gasteiger partial charge in [0.15, 0.2) is 0 Å². The zero-order valence-corrected chi connectivity index (χ0v) is 19.0. The van der Waals surface area contributed by atoms with Crippen LogP contribution >= 0.6 is 0 Å². The monoisotopic (exact) mass is 479 g/mol. The van der Waals surface area contributed by atoms with Crippen LogP contribution in [0.15, 0.2) is 84.0 Å². The van der Waals surface area contributed by atoms with Crippen LogP contribution in [0, 0.1) is 0 Å². The molecule has 1 aromatic heterocycles. The topological polar surface area (TPSA) is 114 Å². The Morgan fingerprint density at radius 3 is 2.38 bits per heavy atom. The molecule has 174 valence electrons. The summed E-state index contributed by atoms with van der Waals surface area (Å²) >= 11 is 0. The number of imide groups is 1. The van der Waals surface area contributed by atoms with E-state index in [0.29, 0.717) is 5.56 Å². The van der Waals surface area contributed by atoms with Crippen molar-refractivity contribution in [1.29, 1.82) is 0 Å². The molecule has 4 rings (SSSR count). The van der Waals surface area contributed by atoms with Crippen LogP contribution in [-0.4, -0.2) is 41.5 Å². The zero-order chi connectivity index (χ0) is 24.3. The predicted octanol–water partition coefficient (Wildman–Crippen LogP) is 2.53. The Balaban J connectivity index is 1.68. The molecule has 3 aromatic rings. The summed E-state index contributed by atoms with van der Waals surface area (Å²) in [6.45, 7) is 1.13. The largest absolute Gasteiger partial charge is 0.427 e. The average Bonchev–Trinajstić information content (AvgIpc) is 3.12. The van der Waals surface area contributed by atoms with E-state index in [1.54, 1.807) is 36.5 Å². The highest BCUT2D eigenvalue weighted by molar-refractivity contribution is 7.89. The van der Waals surface area contributed by atoms with Crippen LogP contribution in [0.5, 0.6) is 5.75 Å². The van der Waals surface area contributed by atoms with Gasteiger partial charge in [0.2, 0.25) is 15.9 Å². The lowest BCUT2D eigenvalue weighted by atomic mass is 10.2. The smallest absolute Gasteiger partial charge is 0.308 e. The third kappa shape index (κ3) is 4.73. The number of rotatable bonds is 7. The number of aromatic nitrogens is 1. The van der Waals surface area contributed by atoms with Crippen LogP contribution in [0.25, 0.3) is 0 Å². The van der Waals surface area contributed by atoms with E-state index in [1.165, 1.54) is 49.5 Å². The summed E-state index contributed by atoms with van der Waals surface area (Å²) in [5, 5.41) is 0. The molecule has 34 heavy (non-hydrogen) atoms. The Kier molecular flexibility index (Phi) is 6.53. The average molecular weight is 480 g/mol. The third-order valence-corrected chi connectivity index (χ3v) is 7.11. The van der Waals surface area contributed by atoms with Crippen LogP contribution in [0.4, 0.5) is 5.69 Å². The van der Waals surface area contributed by atoms with Crippen molar-refractivity contribution < 1.29 is 27.5 Å². The van der Waals surface area contributed by atoms with E-state index < -0.39 is 33.8 Å². The molecule has 9 nitrogen and oxygen atoms in total. The standard InChI is InChI=1S/C24H21N3O6S/c1-17(28)33-20-11-9-19(10-12-20)27-23(29)14-22(24(27)30)26(16-18-6-5-13-25-15-18)34(31,32)21-7-3-2-4-8-21/h2-13,15,22H,14,16H2,1H3. The van der Waals surface area contributed by atoms with Crippen molar-refractivity contribution in [3.05, 3.63) is 84.7 Å². The molecule has 0 saturated carbocycles. The van der Waals surface area contributed by atoms with E-state index in [9.17, 15) is 22.8 Å². The molecule has 0 N–H and O–H groups in total. The number of benzene rings is 2. The van der Waals surface area contributed by atoms with Crippen LogP contribution in [0.1, 0.15) is 18.9 Å². The Morgan fingerprint density at radius 1 is 1.06 bits per heavy atom. The molecular weight excluding hydrogens is 458 g/mol. The summed E-state index contributed by atoms with van der Waals surface area (Å²) in [5.41, 5.74) is 0.832. The van der Waals surface area contributed by atoms with Crippen LogP contribution < -0.4 is 9.64 Å². The van der Waals surface area contributed by atoms with Crippen molar-refractivity contribution in [3.63, 3.8) is 0 Å². The van der Waals surface area contributed by atoms with Gasteiger partial charge in [-0.05, 0) is 48.0 Å². The summed E-state index contributed by atoms with van der Waals surface area (Å²) in [4.78, 5) is 42.4. The second-order valence-electron chi connectivity index (χ2n) is 7.60. The summed E-state index contributed by atoms with van der Waals surface area (Å²) in [5.74, 6) is -1.43. The van der Waals surface area contributed by atoms with Gasteiger partial charge in [-0.1, -0.05) is 24.3 Å². The molecule has 1 fully saturated rings. The van der Waals surface area contributed by atoms with Crippen LogP contribution in [0.2, 0.25) is 0 Å². The fourth-order valence-corrected chi connectivity index (χ4v) is 5.29. The third-order valence-electron chi connectivity index (χ3n) is 5.24. The first-order chi connectivity index (χ1) is 16.3. The van der Waals surface area contributed by atoms with E-state index >= 15 is 0 Å². The Hall–Kier alpha value is -3.89. The summed E-state index contributed by atoms with van der Waals surface area (Å²) in [6.07, 6.45) is 2.77. The molecule has 2 amide bonds. The second-order valence-corrected chi connectivity index (χ2v) is 9.49. The molecule has 2 aromatic carbocycles. The minimum absolute atomic E-state index is 0.0170. The second kappa shape index (κ2) is 9.54. The maximum atomic E-state index is 13.5. The molecule has 0 spiro atoms. The number of ether oxygens (including phenoxy) is 1. The van der Waals surface area contributed by atoms with E-state index in [0.717, 1.165) is 9.21 Å². The highest BCUT2D eigenvalue weighted by Gasteiger charge is 2.47. The fraction of sp³-hybridized carbons (Fsp3) is 0.167. The van der Waals surface area contributed by atoms with Crippen molar-refractivity contribution in [2.24, 2.45) is 0 Å². The van der Waals surface area contributed by atoms with Gasteiger partial charge in [-0.2, -0.15) is 4.31 Å². The Labute approximate surface area is 196 Å². The van der Waals surface area contributed by atoms with E-state index in [2.05, 4.69) is 4.98 Å². The number of anilines is 1. The van der Waals surface area contributed by atoms with Gasteiger partial charge >= 0.3 is 5.97 Å². The van der Waals surface area contributed by atoms with Gasteiger partial charge in [-0.25, -0.2) is 13.3 Å². The minimum atomic E-state index is -4.12. The van der Waals surface area contributed by atoms with Gasteiger partial charge in [0.05, 0.1) is 17.0 Å². The molecular formula is C24H21N3O6S. The molecule has 1 aliphatic rings. The molecule has 1 saturated heterocycles. The van der Waals surface area contributed by atoms with Gasteiger partial charge in [0.1, 0.15) is 11.8 Å². The number of amides is 2. The SMILES string of the molecule is CC(=O)Oc1ccc(N2C(=O)CC(N(Cc3cccnc3)S(=O)(=O)c3ccccc3)C2=O)cc1. The maximum absolute atomic E-state index is 13.5. The number of pyridine rings is 1. The number of carbonyl (C=O) groups excluding carboxylic acids is 3. The van der Waals surface area contributed by atoms with Crippen molar-refractivity contribution >= 4 is 33.5 Å². The summed E-state index contributed by atoms with van der Waals surface area (Å²) < 4.78 is 33.1. The maximum Gasteiger partial charge on any atom is 0.308 e.